The van der Waals surface area contributed by atoms with Crippen LogP contribution in [0.5, 0.6) is 0 Å². The molecule has 1 heterocycles. The van der Waals surface area contributed by atoms with Crippen molar-refractivity contribution in [2.24, 2.45) is 11.3 Å². The Kier molecular flexibility index (Phi) is 4.05. The van der Waals surface area contributed by atoms with Crippen LogP contribution in [0.25, 0.3) is 0 Å². The number of nitrogens with zero attached hydrogens (tertiary/aromatic N) is 1. The lowest BCUT2D eigenvalue weighted by Gasteiger charge is -2.37. The van der Waals surface area contributed by atoms with Gasteiger partial charge in [0.25, 0.3) is 0 Å². The molecule has 2 N–H and O–H groups in total. The summed E-state index contributed by atoms with van der Waals surface area (Å²) in [6, 6.07) is 0. The molecule has 0 amide bonds. The predicted octanol–water partition coefficient (Wildman–Crippen LogP) is 1.34. The highest BCUT2D eigenvalue weighted by Crippen LogP contribution is 2.47. The van der Waals surface area contributed by atoms with Crippen LogP contribution >= 0.6 is 0 Å². The fourth-order valence-corrected chi connectivity index (χ4v) is 3.64. The van der Waals surface area contributed by atoms with Crippen LogP contribution in [0.15, 0.2) is 0 Å². The molecule has 1 spiro atoms. The number of aliphatic carboxylic acids is 1. The van der Waals surface area contributed by atoms with Gasteiger partial charge in [-0.3, -0.25) is 4.79 Å². The summed E-state index contributed by atoms with van der Waals surface area (Å²) >= 11 is 0. The number of rotatable bonds is 4. The lowest BCUT2D eigenvalue weighted by Crippen LogP contribution is -2.34. The van der Waals surface area contributed by atoms with E-state index in [9.17, 15) is 9.90 Å². The molecule has 1 aliphatic heterocycles. The summed E-state index contributed by atoms with van der Waals surface area (Å²) in [5.74, 6) is -0.369. The molecular formula is C13H23NO3. The van der Waals surface area contributed by atoms with E-state index in [2.05, 4.69) is 4.90 Å². The van der Waals surface area contributed by atoms with Crippen molar-refractivity contribution in [2.45, 2.75) is 38.5 Å². The number of carbonyl (C=O) groups is 1. The third-order valence-electron chi connectivity index (χ3n) is 4.59. The van der Waals surface area contributed by atoms with Crippen molar-refractivity contribution in [3.63, 3.8) is 0 Å². The van der Waals surface area contributed by atoms with Crippen molar-refractivity contribution < 1.29 is 15.0 Å². The van der Waals surface area contributed by atoms with E-state index in [0.29, 0.717) is 12.5 Å². The lowest BCUT2D eigenvalue weighted by atomic mass is 9.68. The van der Waals surface area contributed by atoms with Gasteiger partial charge in [0.15, 0.2) is 0 Å². The fourth-order valence-electron chi connectivity index (χ4n) is 3.64. The molecule has 1 atom stereocenters. The van der Waals surface area contributed by atoms with Gasteiger partial charge in [0.1, 0.15) is 0 Å². The van der Waals surface area contributed by atoms with Gasteiger partial charge < -0.3 is 15.1 Å². The third-order valence-corrected chi connectivity index (χ3v) is 4.59. The van der Waals surface area contributed by atoms with Crippen LogP contribution in [0.4, 0.5) is 0 Å². The average Bonchev–Trinajstić information content (AvgIpc) is 2.65. The summed E-state index contributed by atoms with van der Waals surface area (Å²) in [7, 11) is 0. The van der Waals surface area contributed by atoms with Gasteiger partial charge in [-0.1, -0.05) is 19.3 Å². The molecule has 4 nitrogen and oxygen atoms in total. The minimum absolute atomic E-state index is 0.216. The summed E-state index contributed by atoms with van der Waals surface area (Å²) in [5, 5.41) is 18.3. The molecule has 17 heavy (non-hydrogen) atoms. The second-order valence-electron chi connectivity index (χ2n) is 5.68. The SMILES string of the molecule is O=C(O)CCN1C[C@@H](CO)C2(CCCCC2)C1. The van der Waals surface area contributed by atoms with Crippen LogP contribution in [0, 0.1) is 11.3 Å². The quantitative estimate of drug-likeness (QED) is 0.779. The summed E-state index contributed by atoms with van der Waals surface area (Å²) in [5.41, 5.74) is 0.283. The zero-order chi connectivity index (χ0) is 12.3. The smallest absolute Gasteiger partial charge is 0.304 e. The Morgan fingerprint density at radius 1 is 1.29 bits per heavy atom. The topological polar surface area (TPSA) is 60.8 Å². The maximum atomic E-state index is 10.6. The molecule has 1 aliphatic carbocycles. The first kappa shape index (κ1) is 12.8. The van der Waals surface area contributed by atoms with Gasteiger partial charge in [-0.25, -0.2) is 0 Å². The molecule has 98 valence electrons. The summed E-state index contributed by atoms with van der Waals surface area (Å²) in [6.45, 7) is 2.76. The van der Waals surface area contributed by atoms with Gasteiger partial charge in [-0.05, 0) is 18.3 Å². The van der Waals surface area contributed by atoms with Gasteiger partial charge in [0.2, 0.25) is 0 Å². The van der Waals surface area contributed by atoms with Crippen LogP contribution in [-0.2, 0) is 4.79 Å². The Morgan fingerprint density at radius 3 is 2.59 bits per heavy atom. The maximum absolute atomic E-state index is 10.6. The van der Waals surface area contributed by atoms with E-state index in [1.807, 2.05) is 0 Å². The Balaban J connectivity index is 1.95. The van der Waals surface area contributed by atoms with Gasteiger partial charge in [0, 0.05) is 32.2 Å². The van der Waals surface area contributed by atoms with E-state index in [4.69, 9.17) is 5.11 Å². The molecule has 1 saturated heterocycles. The van der Waals surface area contributed by atoms with Crippen molar-refractivity contribution in [3.05, 3.63) is 0 Å². The molecule has 2 fully saturated rings. The second-order valence-corrected chi connectivity index (χ2v) is 5.68. The third kappa shape index (κ3) is 2.80. The largest absolute Gasteiger partial charge is 0.481 e. The lowest BCUT2D eigenvalue weighted by molar-refractivity contribution is -0.137. The molecule has 0 radical (unpaired) electrons. The van der Waals surface area contributed by atoms with Crippen molar-refractivity contribution >= 4 is 5.97 Å². The Hall–Kier alpha value is -0.610. The van der Waals surface area contributed by atoms with Gasteiger partial charge in [-0.15, -0.1) is 0 Å². The van der Waals surface area contributed by atoms with E-state index in [0.717, 1.165) is 13.1 Å². The molecule has 0 aromatic heterocycles. The summed E-state index contributed by atoms with van der Waals surface area (Å²) < 4.78 is 0. The van der Waals surface area contributed by atoms with Crippen molar-refractivity contribution in [1.82, 2.24) is 4.90 Å². The first-order valence-corrected chi connectivity index (χ1v) is 6.71. The zero-order valence-corrected chi connectivity index (χ0v) is 10.4. The molecular weight excluding hydrogens is 218 g/mol. The van der Waals surface area contributed by atoms with Crippen LogP contribution in [0.2, 0.25) is 0 Å². The molecule has 0 bridgehead atoms. The highest BCUT2D eigenvalue weighted by atomic mass is 16.4. The second kappa shape index (κ2) is 5.36. The van der Waals surface area contributed by atoms with Crippen LogP contribution in [0.1, 0.15) is 38.5 Å². The van der Waals surface area contributed by atoms with Crippen molar-refractivity contribution in [3.8, 4) is 0 Å². The number of hydrogen-bond acceptors (Lipinski definition) is 3. The number of carboxylic acid groups (broad SMARTS) is 1. The minimum atomic E-state index is -0.727. The summed E-state index contributed by atoms with van der Waals surface area (Å²) in [4.78, 5) is 12.8. The number of hydrogen-bond donors (Lipinski definition) is 2. The van der Waals surface area contributed by atoms with Crippen LogP contribution in [-0.4, -0.2) is 47.3 Å². The molecule has 0 unspecified atom stereocenters. The molecule has 0 aromatic carbocycles. The highest BCUT2D eigenvalue weighted by Gasteiger charge is 2.46. The number of aliphatic hydroxyl groups excluding tert-OH is 1. The Morgan fingerprint density at radius 2 is 2.00 bits per heavy atom. The van der Waals surface area contributed by atoms with E-state index in [1.54, 1.807) is 0 Å². The van der Waals surface area contributed by atoms with E-state index >= 15 is 0 Å². The highest BCUT2D eigenvalue weighted by molar-refractivity contribution is 5.66. The Labute approximate surface area is 103 Å². The molecule has 2 aliphatic rings. The monoisotopic (exact) mass is 241 g/mol. The van der Waals surface area contributed by atoms with E-state index < -0.39 is 5.97 Å². The first-order chi connectivity index (χ1) is 8.16. The number of likely N-dealkylation sites (tertiary alicyclic amines) is 1. The molecule has 4 heteroatoms. The molecule has 0 aromatic rings. The van der Waals surface area contributed by atoms with Gasteiger partial charge >= 0.3 is 5.97 Å². The molecule has 1 saturated carbocycles. The van der Waals surface area contributed by atoms with E-state index in [-0.39, 0.29) is 18.4 Å². The van der Waals surface area contributed by atoms with E-state index in [1.165, 1.54) is 32.1 Å². The first-order valence-electron chi connectivity index (χ1n) is 6.71. The zero-order valence-electron chi connectivity index (χ0n) is 10.4. The van der Waals surface area contributed by atoms with Crippen molar-refractivity contribution in [1.29, 1.82) is 0 Å². The van der Waals surface area contributed by atoms with Gasteiger partial charge in [0.05, 0.1) is 6.42 Å². The Bertz CT molecular complexity index is 274. The maximum Gasteiger partial charge on any atom is 0.304 e. The number of aliphatic hydroxyl groups is 1. The minimum Gasteiger partial charge on any atom is -0.481 e. The van der Waals surface area contributed by atoms with Gasteiger partial charge in [-0.2, -0.15) is 0 Å². The standard InChI is InChI=1S/C13H23NO3/c15-9-11-8-14(7-4-12(16)17)10-13(11)5-2-1-3-6-13/h11,15H,1-10H2,(H,16,17)/t11-/m0/s1. The number of carboxylic acids is 1. The molecule has 2 rings (SSSR count). The van der Waals surface area contributed by atoms with Crippen LogP contribution in [0.3, 0.4) is 0 Å². The van der Waals surface area contributed by atoms with Crippen LogP contribution < -0.4 is 0 Å². The van der Waals surface area contributed by atoms with Crippen molar-refractivity contribution in [2.75, 3.05) is 26.2 Å². The average molecular weight is 241 g/mol. The normalized spacial score (nSPS) is 28.6. The summed E-state index contributed by atoms with van der Waals surface area (Å²) in [6.07, 6.45) is 6.49. The predicted molar refractivity (Wildman–Crippen MR) is 64.8 cm³/mol. The fraction of sp³-hybridized carbons (Fsp3) is 0.923.